The fraction of sp³-hybridized carbons (Fsp3) is 0.167. The van der Waals surface area contributed by atoms with Crippen molar-refractivity contribution in [3.05, 3.63) is 70.8 Å². The van der Waals surface area contributed by atoms with Crippen LogP contribution in [0.3, 0.4) is 0 Å². The minimum atomic E-state index is 0.131. The molecule has 0 N–H and O–H groups in total. The van der Waals surface area contributed by atoms with Crippen molar-refractivity contribution >= 4 is 11.9 Å². The molecule has 2 aromatic rings. The maximum Gasteiger partial charge on any atom is 0.189 e. The van der Waals surface area contributed by atoms with Gasteiger partial charge in [-0.2, -0.15) is 0 Å². The third kappa shape index (κ3) is 2.25. The van der Waals surface area contributed by atoms with E-state index >= 15 is 0 Å². The Balaban J connectivity index is 1.97. The van der Waals surface area contributed by atoms with Gasteiger partial charge in [0.15, 0.2) is 5.78 Å². The monoisotopic (exact) mass is 264 g/mol. The molecular formula is C18H16O2. The van der Waals surface area contributed by atoms with E-state index in [1.807, 2.05) is 61.5 Å². The molecule has 0 fully saturated rings. The number of hydrogen-bond acceptors (Lipinski definition) is 2. The van der Waals surface area contributed by atoms with Crippen LogP contribution in [-0.4, -0.2) is 12.4 Å². The molecule has 0 aliphatic heterocycles. The number of rotatable bonds is 3. The lowest BCUT2D eigenvalue weighted by Gasteiger charge is -2.07. The summed E-state index contributed by atoms with van der Waals surface area (Å²) < 4.78 is 5.60. The molecular weight excluding hydrogens is 248 g/mol. The predicted octanol–water partition coefficient (Wildman–Crippen LogP) is 3.91. The number of Topliss-reactive ketones (excluding diaryl/α,β-unsaturated/α-hetero) is 1. The summed E-state index contributed by atoms with van der Waals surface area (Å²) in [7, 11) is 0. The molecule has 0 amide bonds. The zero-order valence-electron chi connectivity index (χ0n) is 11.4. The van der Waals surface area contributed by atoms with E-state index in [1.54, 1.807) is 0 Å². The van der Waals surface area contributed by atoms with Crippen molar-refractivity contribution < 1.29 is 9.53 Å². The van der Waals surface area contributed by atoms with Gasteiger partial charge in [0.1, 0.15) is 5.75 Å². The molecule has 0 heterocycles. The highest BCUT2D eigenvalue weighted by atomic mass is 16.5. The molecule has 2 aromatic carbocycles. The van der Waals surface area contributed by atoms with Crippen LogP contribution in [0.2, 0.25) is 0 Å². The first-order valence-electron chi connectivity index (χ1n) is 6.84. The highest BCUT2D eigenvalue weighted by molar-refractivity contribution is 6.15. The van der Waals surface area contributed by atoms with Gasteiger partial charge in [0.2, 0.25) is 0 Å². The largest absolute Gasteiger partial charge is 0.493 e. The Kier molecular flexibility index (Phi) is 3.38. The van der Waals surface area contributed by atoms with Gasteiger partial charge in [-0.1, -0.05) is 42.5 Å². The first-order valence-corrected chi connectivity index (χ1v) is 6.84. The van der Waals surface area contributed by atoms with Gasteiger partial charge in [-0.3, -0.25) is 4.79 Å². The van der Waals surface area contributed by atoms with E-state index in [9.17, 15) is 4.79 Å². The zero-order chi connectivity index (χ0) is 13.9. The fourth-order valence-electron chi connectivity index (χ4n) is 2.55. The minimum Gasteiger partial charge on any atom is -0.493 e. The summed E-state index contributed by atoms with van der Waals surface area (Å²) in [6.45, 7) is 2.58. The Bertz CT molecular complexity index is 683. The summed E-state index contributed by atoms with van der Waals surface area (Å²) in [5, 5.41) is 0. The summed E-state index contributed by atoms with van der Waals surface area (Å²) in [6, 6.07) is 15.6. The van der Waals surface area contributed by atoms with Crippen molar-refractivity contribution in [3.63, 3.8) is 0 Å². The number of carbonyl (C=O) groups excluding carboxylic acids is 1. The third-order valence-electron chi connectivity index (χ3n) is 3.48. The van der Waals surface area contributed by atoms with Crippen LogP contribution >= 0.6 is 0 Å². The number of carbonyl (C=O) groups is 1. The molecule has 0 unspecified atom stereocenters. The molecule has 0 bridgehead atoms. The van der Waals surface area contributed by atoms with Crippen LogP contribution in [0.25, 0.3) is 6.08 Å². The van der Waals surface area contributed by atoms with Crippen molar-refractivity contribution in [3.8, 4) is 5.75 Å². The van der Waals surface area contributed by atoms with E-state index in [1.165, 1.54) is 0 Å². The second kappa shape index (κ2) is 5.33. The first kappa shape index (κ1) is 12.7. The van der Waals surface area contributed by atoms with Gasteiger partial charge in [0.25, 0.3) is 0 Å². The molecule has 2 heteroatoms. The molecule has 100 valence electrons. The van der Waals surface area contributed by atoms with Crippen LogP contribution in [0.15, 0.2) is 54.1 Å². The molecule has 1 aliphatic rings. The van der Waals surface area contributed by atoms with Crippen molar-refractivity contribution in [1.29, 1.82) is 0 Å². The molecule has 3 rings (SSSR count). The number of fused-ring (bicyclic) bond motifs is 1. The van der Waals surface area contributed by atoms with E-state index in [4.69, 9.17) is 4.74 Å². The summed E-state index contributed by atoms with van der Waals surface area (Å²) in [6.07, 6.45) is 2.66. The van der Waals surface area contributed by atoms with Crippen molar-refractivity contribution in [2.24, 2.45) is 0 Å². The lowest BCUT2D eigenvalue weighted by atomic mass is 10.1. The highest BCUT2D eigenvalue weighted by Crippen LogP contribution is 2.29. The molecule has 0 atom stereocenters. The average Bonchev–Trinajstić information content (AvgIpc) is 2.79. The van der Waals surface area contributed by atoms with Crippen LogP contribution in [-0.2, 0) is 6.42 Å². The lowest BCUT2D eigenvalue weighted by molar-refractivity contribution is 0.104. The van der Waals surface area contributed by atoms with E-state index in [2.05, 4.69) is 0 Å². The molecule has 20 heavy (non-hydrogen) atoms. The van der Waals surface area contributed by atoms with E-state index in [-0.39, 0.29) is 5.78 Å². The zero-order valence-corrected chi connectivity index (χ0v) is 11.4. The van der Waals surface area contributed by atoms with Crippen LogP contribution < -0.4 is 4.74 Å². The molecule has 0 aromatic heterocycles. The topological polar surface area (TPSA) is 26.3 Å². The second-order valence-electron chi connectivity index (χ2n) is 4.80. The summed E-state index contributed by atoms with van der Waals surface area (Å²) in [4.78, 5) is 12.4. The van der Waals surface area contributed by atoms with Gasteiger partial charge in [-0.25, -0.2) is 0 Å². The van der Waals surface area contributed by atoms with E-state index in [0.717, 1.165) is 28.0 Å². The highest BCUT2D eigenvalue weighted by Gasteiger charge is 2.24. The Morgan fingerprint density at radius 2 is 1.85 bits per heavy atom. The fourth-order valence-corrected chi connectivity index (χ4v) is 2.55. The molecule has 1 aliphatic carbocycles. The van der Waals surface area contributed by atoms with Crippen LogP contribution in [0.5, 0.6) is 5.75 Å². The lowest BCUT2D eigenvalue weighted by Crippen LogP contribution is -1.97. The van der Waals surface area contributed by atoms with Gasteiger partial charge in [0, 0.05) is 23.1 Å². The Morgan fingerprint density at radius 3 is 2.65 bits per heavy atom. The van der Waals surface area contributed by atoms with Crippen LogP contribution in [0.1, 0.15) is 28.4 Å². The summed E-state index contributed by atoms with van der Waals surface area (Å²) in [5.41, 5.74) is 3.73. The molecule has 0 radical (unpaired) electrons. The molecule has 0 saturated heterocycles. The number of benzene rings is 2. The van der Waals surface area contributed by atoms with E-state index in [0.29, 0.717) is 13.0 Å². The van der Waals surface area contributed by atoms with Gasteiger partial charge < -0.3 is 4.74 Å². The van der Waals surface area contributed by atoms with Crippen LogP contribution in [0.4, 0.5) is 0 Å². The van der Waals surface area contributed by atoms with Crippen molar-refractivity contribution in [1.82, 2.24) is 0 Å². The summed E-state index contributed by atoms with van der Waals surface area (Å²) >= 11 is 0. The quantitative estimate of drug-likeness (QED) is 0.786. The van der Waals surface area contributed by atoms with Crippen molar-refractivity contribution in [2.75, 3.05) is 6.61 Å². The summed E-state index contributed by atoms with van der Waals surface area (Å²) in [5.74, 6) is 0.957. The predicted molar refractivity (Wildman–Crippen MR) is 80.1 cm³/mol. The Hall–Kier alpha value is -2.35. The number of allylic oxidation sites excluding steroid dienone is 1. The SMILES string of the molecule is CCOc1ccccc1C=C1Cc2ccccc2C1=O. The van der Waals surface area contributed by atoms with Gasteiger partial charge in [-0.15, -0.1) is 0 Å². The van der Waals surface area contributed by atoms with Gasteiger partial charge >= 0.3 is 0 Å². The van der Waals surface area contributed by atoms with Crippen molar-refractivity contribution in [2.45, 2.75) is 13.3 Å². The van der Waals surface area contributed by atoms with Gasteiger partial charge in [-0.05, 0) is 24.6 Å². The first-order chi connectivity index (χ1) is 9.79. The normalized spacial score (nSPS) is 15.4. The Labute approximate surface area is 118 Å². The molecule has 2 nitrogen and oxygen atoms in total. The van der Waals surface area contributed by atoms with E-state index < -0.39 is 0 Å². The Morgan fingerprint density at radius 1 is 1.10 bits per heavy atom. The number of para-hydroxylation sites is 1. The number of hydrogen-bond donors (Lipinski definition) is 0. The minimum absolute atomic E-state index is 0.131. The second-order valence-corrected chi connectivity index (χ2v) is 4.80. The number of ether oxygens (including phenoxy) is 1. The third-order valence-corrected chi connectivity index (χ3v) is 3.48. The standard InChI is InChI=1S/C18H16O2/c1-2-20-17-10-6-4-8-14(17)12-15-11-13-7-3-5-9-16(13)18(15)19/h3-10,12H,2,11H2,1H3. The average molecular weight is 264 g/mol. The van der Waals surface area contributed by atoms with Crippen LogP contribution in [0, 0.1) is 0 Å². The molecule has 0 spiro atoms. The molecule has 0 saturated carbocycles. The number of ketones is 1. The van der Waals surface area contributed by atoms with Gasteiger partial charge in [0.05, 0.1) is 6.61 Å². The smallest absolute Gasteiger partial charge is 0.189 e. The maximum absolute atomic E-state index is 12.4. The maximum atomic E-state index is 12.4.